The average molecular weight is 282 g/mol. The van der Waals surface area contributed by atoms with Crippen molar-refractivity contribution in [2.75, 3.05) is 18.1 Å². The van der Waals surface area contributed by atoms with E-state index in [0.29, 0.717) is 12.2 Å². The summed E-state index contributed by atoms with van der Waals surface area (Å²) in [7, 11) is 0. The summed E-state index contributed by atoms with van der Waals surface area (Å²) in [4.78, 5) is 18.7. The van der Waals surface area contributed by atoms with E-state index in [1.54, 1.807) is 17.2 Å². The zero-order chi connectivity index (χ0) is 14.5. The van der Waals surface area contributed by atoms with Crippen LogP contribution in [0.25, 0.3) is 0 Å². The summed E-state index contributed by atoms with van der Waals surface area (Å²) in [6, 6.07) is 15.1. The van der Waals surface area contributed by atoms with Gasteiger partial charge < -0.3 is 9.64 Å². The molecule has 1 atom stereocenters. The number of carbonyl (C=O) groups excluding carboxylic acids is 1. The number of hydrogen-bond donors (Lipinski definition) is 0. The molecule has 1 aromatic heterocycles. The molecule has 108 valence electrons. The number of para-hydroxylation sites is 1. The molecule has 0 N–H and O–H groups in total. The smallest absolute Gasteiger partial charge is 0.276 e. The summed E-state index contributed by atoms with van der Waals surface area (Å²) in [6.07, 6.45) is 3.81. The average Bonchev–Trinajstić information content (AvgIpc) is 3.07. The van der Waals surface area contributed by atoms with Crippen LogP contribution < -0.4 is 4.90 Å². The van der Waals surface area contributed by atoms with Crippen LogP contribution in [0, 0.1) is 0 Å². The number of amides is 1. The number of anilines is 1. The first-order valence-corrected chi connectivity index (χ1v) is 7.24. The molecule has 0 aliphatic carbocycles. The van der Waals surface area contributed by atoms with Crippen molar-refractivity contribution in [2.24, 2.45) is 0 Å². The lowest BCUT2D eigenvalue weighted by atomic mass is 10.2. The Kier molecular flexibility index (Phi) is 4.26. The van der Waals surface area contributed by atoms with Gasteiger partial charge in [0.15, 0.2) is 0 Å². The summed E-state index contributed by atoms with van der Waals surface area (Å²) < 4.78 is 5.68. The summed E-state index contributed by atoms with van der Waals surface area (Å²) in [5.41, 5.74) is 1.34. The standard InChI is InChI=1S/C17H18N2O2/c20-17(16-10-4-5-11-18-16)19(13-15-9-6-12-21-15)14-7-2-1-3-8-14/h1-5,7-8,10-11,15H,6,9,12-13H2. The van der Waals surface area contributed by atoms with E-state index in [2.05, 4.69) is 4.98 Å². The van der Waals surface area contributed by atoms with Crippen LogP contribution in [0.2, 0.25) is 0 Å². The first kappa shape index (κ1) is 13.8. The third-order valence-corrected chi connectivity index (χ3v) is 3.61. The van der Waals surface area contributed by atoms with E-state index in [0.717, 1.165) is 25.1 Å². The highest BCUT2D eigenvalue weighted by atomic mass is 16.5. The van der Waals surface area contributed by atoms with Crippen molar-refractivity contribution in [1.82, 2.24) is 4.98 Å². The lowest BCUT2D eigenvalue weighted by Gasteiger charge is -2.25. The second-order valence-electron chi connectivity index (χ2n) is 5.10. The van der Waals surface area contributed by atoms with Crippen LogP contribution in [-0.4, -0.2) is 30.1 Å². The fourth-order valence-electron chi connectivity index (χ4n) is 2.53. The molecule has 2 aromatic rings. The molecule has 4 heteroatoms. The summed E-state index contributed by atoms with van der Waals surface area (Å²) in [6.45, 7) is 1.35. The zero-order valence-corrected chi connectivity index (χ0v) is 11.8. The van der Waals surface area contributed by atoms with Crippen LogP contribution in [0.4, 0.5) is 5.69 Å². The van der Waals surface area contributed by atoms with Crippen LogP contribution >= 0.6 is 0 Å². The second kappa shape index (κ2) is 6.50. The first-order valence-electron chi connectivity index (χ1n) is 7.24. The van der Waals surface area contributed by atoms with E-state index in [9.17, 15) is 4.79 Å². The van der Waals surface area contributed by atoms with Gasteiger partial charge in [-0.3, -0.25) is 9.78 Å². The van der Waals surface area contributed by atoms with Crippen LogP contribution in [0.5, 0.6) is 0 Å². The number of aromatic nitrogens is 1. The van der Waals surface area contributed by atoms with Gasteiger partial charge >= 0.3 is 0 Å². The number of pyridine rings is 1. The van der Waals surface area contributed by atoms with Gasteiger partial charge in [0.05, 0.1) is 12.6 Å². The molecule has 4 nitrogen and oxygen atoms in total. The van der Waals surface area contributed by atoms with Crippen LogP contribution in [0.1, 0.15) is 23.3 Å². The van der Waals surface area contributed by atoms with Crippen molar-refractivity contribution >= 4 is 11.6 Å². The van der Waals surface area contributed by atoms with E-state index in [4.69, 9.17) is 4.74 Å². The van der Waals surface area contributed by atoms with Crippen LogP contribution in [0.15, 0.2) is 54.7 Å². The lowest BCUT2D eigenvalue weighted by molar-refractivity contribution is 0.0913. The Morgan fingerprint density at radius 1 is 1.19 bits per heavy atom. The van der Waals surface area contributed by atoms with Crippen molar-refractivity contribution in [3.8, 4) is 0 Å². The molecule has 2 heterocycles. The molecule has 1 saturated heterocycles. The van der Waals surface area contributed by atoms with Gasteiger partial charge in [-0.2, -0.15) is 0 Å². The Labute approximate surface area is 124 Å². The molecule has 21 heavy (non-hydrogen) atoms. The Hall–Kier alpha value is -2.20. The molecule has 1 unspecified atom stereocenters. The molecule has 1 aliphatic rings. The topological polar surface area (TPSA) is 42.4 Å². The quantitative estimate of drug-likeness (QED) is 0.866. The van der Waals surface area contributed by atoms with E-state index in [-0.39, 0.29) is 12.0 Å². The van der Waals surface area contributed by atoms with Crippen molar-refractivity contribution < 1.29 is 9.53 Å². The minimum Gasteiger partial charge on any atom is -0.376 e. The van der Waals surface area contributed by atoms with E-state index >= 15 is 0 Å². The molecule has 1 fully saturated rings. The van der Waals surface area contributed by atoms with Gasteiger partial charge in [0.25, 0.3) is 5.91 Å². The largest absolute Gasteiger partial charge is 0.376 e. The minimum atomic E-state index is -0.0858. The van der Waals surface area contributed by atoms with Gasteiger partial charge in [0.2, 0.25) is 0 Å². The normalized spacial score (nSPS) is 17.6. The second-order valence-corrected chi connectivity index (χ2v) is 5.10. The van der Waals surface area contributed by atoms with Crippen molar-refractivity contribution in [3.63, 3.8) is 0 Å². The molecular weight excluding hydrogens is 264 g/mol. The van der Waals surface area contributed by atoms with Gasteiger partial charge in [-0.05, 0) is 37.1 Å². The highest BCUT2D eigenvalue weighted by Crippen LogP contribution is 2.20. The van der Waals surface area contributed by atoms with Crippen LogP contribution in [0.3, 0.4) is 0 Å². The van der Waals surface area contributed by atoms with Crippen molar-refractivity contribution in [1.29, 1.82) is 0 Å². The Bertz CT molecular complexity index is 580. The Morgan fingerprint density at radius 2 is 2.00 bits per heavy atom. The fraction of sp³-hybridized carbons (Fsp3) is 0.294. The Morgan fingerprint density at radius 3 is 2.67 bits per heavy atom. The third kappa shape index (κ3) is 3.28. The minimum absolute atomic E-state index is 0.0858. The molecule has 0 bridgehead atoms. The maximum Gasteiger partial charge on any atom is 0.276 e. The van der Waals surface area contributed by atoms with E-state index in [1.807, 2.05) is 42.5 Å². The van der Waals surface area contributed by atoms with Gasteiger partial charge in [-0.15, -0.1) is 0 Å². The summed E-state index contributed by atoms with van der Waals surface area (Å²) >= 11 is 0. The number of benzene rings is 1. The predicted octanol–water partition coefficient (Wildman–Crippen LogP) is 2.91. The maximum absolute atomic E-state index is 12.7. The van der Waals surface area contributed by atoms with Gasteiger partial charge in [-0.1, -0.05) is 24.3 Å². The molecular formula is C17H18N2O2. The molecule has 3 rings (SSSR count). The maximum atomic E-state index is 12.7. The molecule has 0 spiro atoms. The highest BCUT2D eigenvalue weighted by Gasteiger charge is 2.25. The van der Waals surface area contributed by atoms with Crippen molar-refractivity contribution in [3.05, 3.63) is 60.4 Å². The summed E-state index contributed by atoms with van der Waals surface area (Å²) in [5, 5.41) is 0. The molecule has 1 aliphatic heterocycles. The SMILES string of the molecule is O=C(c1ccccn1)N(CC1CCCO1)c1ccccc1. The molecule has 1 aromatic carbocycles. The molecule has 1 amide bonds. The highest BCUT2D eigenvalue weighted by molar-refractivity contribution is 6.04. The third-order valence-electron chi connectivity index (χ3n) is 3.61. The van der Waals surface area contributed by atoms with Gasteiger partial charge in [-0.25, -0.2) is 0 Å². The zero-order valence-electron chi connectivity index (χ0n) is 11.8. The monoisotopic (exact) mass is 282 g/mol. The lowest BCUT2D eigenvalue weighted by Crippen LogP contribution is -2.37. The predicted molar refractivity (Wildman–Crippen MR) is 81.3 cm³/mol. The van der Waals surface area contributed by atoms with Gasteiger partial charge in [0, 0.05) is 18.5 Å². The first-order chi connectivity index (χ1) is 10.3. The van der Waals surface area contributed by atoms with Crippen LogP contribution in [-0.2, 0) is 4.74 Å². The Balaban J connectivity index is 1.86. The summed E-state index contributed by atoms with van der Waals surface area (Å²) in [5.74, 6) is -0.0858. The van der Waals surface area contributed by atoms with Crippen molar-refractivity contribution in [2.45, 2.75) is 18.9 Å². The number of nitrogens with zero attached hydrogens (tertiary/aromatic N) is 2. The molecule has 0 saturated carbocycles. The number of ether oxygens (including phenoxy) is 1. The number of hydrogen-bond acceptors (Lipinski definition) is 3. The van der Waals surface area contributed by atoms with E-state index in [1.165, 1.54) is 0 Å². The van der Waals surface area contributed by atoms with Gasteiger partial charge in [0.1, 0.15) is 5.69 Å². The molecule has 0 radical (unpaired) electrons. The van der Waals surface area contributed by atoms with E-state index < -0.39 is 0 Å². The fourth-order valence-corrected chi connectivity index (χ4v) is 2.53. The number of rotatable bonds is 4. The number of carbonyl (C=O) groups is 1.